The molecule has 0 aromatic rings. The molecule has 0 heterocycles. The van der Waals surface area contributed by atoms with E-state index in [1.54, 1.807) is 5.57 Å². The summed E-state index contributed by atoms with van der Waals surface area (Å²) in [7, 11) is 0. The number of hydrogen-bond acceptors (Lipinski definition) is 1. The molecule has 1 unspecified atom stereocenters. The molecular formula is C17H31N. The van der Waals surface area contributed by atoms with Crippen LogP contribution >= 0.6 is 0 Å². The van der Waals surface area contributed by atoms with Gasteiger partial charge in [-0.25, -0.2) is 0 Å². The van der Waals surface area contributed by atoms with Crippen LogP contribution in [-0.4, -0.2) is 6.04 Å². The predicted molar refractivity (Wildman–Crippen MR) is 79.5 cm³/mol. The number of hydrogen-bond donors (Lipinski definition) is 1. The first kappa shape index (κ1) is 14.1. The molecule has 1 nitrogen and oxygen atoms in total. The van der Waals surface area contributed by atoms with Crippen LogP contribution in [0, 0.1) is 11.8 Å². The number of nitrogens with two attached hydrogens (primary N) is 1. The van der Waals surface area contributed by atoms with E-state index in [1.807, 2.05) is 0 Å². The minimum absolute atomic E-state index is 0.376. The van der Waals surface area contributed by atoms with Gasteiger partial charge >= 0.3 is 0 Å². The van der Waals surface area contributed by atoms with Crippen molar-refractivity contribution in [2.75, 3.05) is 0 Å². The molecule has 0 amide bonds. The fourth-order valence-corrected chi connectivity index (χ4v) is 3.78. The summed E-state index contributed by atoms with van der Waals surface area (Å²) in [5.41, 5.74) is 8.15. The van der Waals surface area contributed by atoms with E-state index in [1.165, 1.54) is 70.6 Å². The standard InChI is InChI=1S/C17H31N/c1-2-14-10-12-16(13-11-14)17(18)15-8-6-4-3-5-7-9-15/h8,14,16-17H,2-7,9-13,18H2,1H3. The van der Waals surface area contributed by atoms with Crippen LogP contribution in [0.25, 0.3) is 0 Å². The molecule has 1 atom stereocenters. The van der Waals surface area contributed by atoms with Crippen LogP contribution < -0.4 is 5.73 Å². The zero-order valence-corrected chi connectivity index (χ0v) is 12.2. The van der Waals surface area contributed by atoms with Gasteiger partial charge < -0.3 is 5.73 Å². The summed E-state index contributed by atoms with van der Waals surface area (Å²) in [4.78, 5) is 0. The maximum Gasteiger partial charge on any atom is 0.0282 e. The van der Waals surface area contributed by atoms with E-state index in [4.69, 9.17) is 5.73 Å². The smallest absolute Gasteiger partial charge is 0.0282 e. The van der Waals surface area contributed by atoms with E-state index in [0.717, 1.165) is 11.8 Å². The molecule has 1 fully saturated rings. The third-order valence-corrected chi connectivity index (χ3v) is 5.23. The minimum Gasteiger partial charge on any atom is -0.324 e. The Labute approximate surface area is 113 Å². The Morgan fingerprint density at radius 3 is 2.56 bits per heavy atom. The van der Waals surface area contributed by atoms with E-state index in [9.17, 15) is 0 Å². The fraction of sp³-hybridized carbons (Fsp3) is 0.882. The molecule has 2 rings (SSSR count). The summed E-state index contributed by atoms with van der Waals surface area (Å²) in [6.45, 7) is 2.34. The van der Waals surface area contributed by atoms with Crippen molar-refractivity contribution in [3.63, 3.8) is 0 Å². The molecular weight excluding hydrogens is 218 g/mol. The van der Waals surface area contributed by atoms with Crippen molar-refractivity contribution in [2.24, 2.45) is 17.6 Å². The third kappa shape index (κ3) is 3.85. The molecule has 2 aliphatic rings. The van der Waals surface area contributed by atoms with E-state index in [0.29, 0.717) is 6.04 Å². The van der Waals surface area contributed by atoms with Crippen molar-refractivity contribution < 1.29 is 0 Å². The highest BCUT2D eigenvalue weighted by Crippen LogP contribution is 2.35. The van der Waals surface area contributed by atoms with Gasteiger partial charge in [0.05, 0.1) is 0 Å². The second kappa shape index (κ2) is 7.33. The zero-order valence-electron chi connectivity index (χ0n) is 12.2. The molecule has 2 N–H and O–H groups in total. The Bertz CT molecular complexity index is 261. The summed E-state index contributed by atoms with van der Waals surface area (Å²) >= 11 is 0. The van der Waals surface area contributed by atoms with Crippen LogP contribution in [0.2, 0.25) is 0 Å². The van der Waals surface area contributed by atoms with E-state index >= 15 is 0 Å². The van der Waals surface area contributed by atoms with Crippen LogP contribution in [0.3, 0.4) is 0 Å². The highest BCUT2D eigenvalue weighted by molar-refractivity contribution is 5.12. The minimum atomic E-state index is 0.376. The first-order valence-corrected chi connectivity index (χ1v) is 8.25. The average molecular weight is 249 g/mol. The Hall–Kier alpha value is -0.300. The van der Waals surface area contributed by atoms with Gasteiger partial charge in [0, 0.05) is 6.04 Å². The van der Waals surface area contributed by atoms with Crippen molar-refractivity contribution >= 4 is 0 Å². The second-order valence-corrected chi connectivity index (χ2v) is 6.45. The molecule has 0 spiro atoms. The van der Waals surface area contributed by atoms with Gasteiger partial charge in [0.15, 0.2) is 0 Å². The van der Waals surface area contributed by atoms with Crippen LogP contribution in [0.5, 0.6) is 0 Å². The van der Waals surface area contributed by atoms with E-state index in [2.05, 4.69) is 13.0 Å². The summed E-state index contributed by atoms with van der Waals surface area (Å²) in [5.74, 6) is 1.76. The summed E-state index contributed by atoms with van der Waals surface area (Å²) in [6.07, 6.45) is 17.5. The van der Waals surface area contributed by atoms with Gasteiger partial charge in [-0.15, -0.1) is 0 Å². The van der Waals surface area contributed by atoms with Gasteiger partial charge in [-0.1, -0.05) is 50.7 Å². The molecule has 1 heteroatoms. The molecule has 0 aromatic carbocycles. The van der Waals surface area contributed by atoms with Crippen LogP contribution in [0.1, 0.15) is 77.6 Å². The quantitative estimate of drug-likeness (QED) is 0.714. The zero-order chi connectivity index (χ0) is 12.8. The normalized spacial score (nSPS) is 32.2. The Balaban J connectivity index is 1.87. The first-order valence-electron chi connectivity index (χ1n) is 8.25. The van der Waals surface area contributed by atoms with Crippen molar-refractivity contribution in [2.45, 2.75) is 83.6 Å². The van der Waals surface area contributed by atoms with Gasteiger partial charge in [-0.2, -0.15) is 0 Å². The second-order valence-electron chi connectivity index (χ2n) is 6.45. The highest BCUT2D eigenvalue weighted by Gasteiger charge is 2.26. The molecule has 0 aromatic heterocycles. The Kier molecular flexibility index (Phi) is 5.75. The SMILES string of the molecule is CCC1CCC(C(N)C2=CCCCCCC2)CC1. The predicted octanol–water partition coefficient (Wildman–Crippen LogP) is 4.81. The number of allylic oxidation sites excluding steroid dienone is 1. The topological polar surface area (TPSA) is 26.0 Å². The molecule has 1 saturated carbocycles. The fourth-order valence-electron chi connectivity index (χ4n) is 3.78. The van der Waals surface area contributed by atoms with Crippen molar-refractivity contribution in [1.82, 2.24) is 0 Å². The van der Waals surface area contributed by atoms with Crippen molar-refractivity contribution in [3.05, 3.63) is 11.6 Å². The Morgan fingerprint density at radius 2 is 1.83 bits per heavy atom. The largest absolute Gasteiger partial charge is 0.324 e. The van der Waals surface area contributed by atoms with Gasteiger partial charge in [-0.05, 0) is 50.4 Å². The molecule has 104 valence electrons. The molecule has 0 saturated heterocycles. The first-order chi connectivity index (χ1) is 8.81. The molecule has 2 aliphatic carbocycles. The van der Waals surface area contributed by atoms with Crippen molar-refractivity contribution in [3.8, 4) is 0 Å². The molecule has 0 aliphatic heterocycles. The van der Waals surface area contributed by atoms with Crippen LogP contribution in [0.4, 0.5) is 0 Å². The summed E-state index contributed by atoms with van der Waals surface area (Å²) in [6, 6.07) is 0.376. The van der Waals surface area contributed by atoms with Crippen LogP contribution in [0.15, 0.2) is 11.6 Å². The molecule has 18 heavy (non-hydrogen) atoms. The Morgan fingerprint density at radius 1 is 1.11 bits per heavy atom. The summed E-state index contributed by atoms with van der Waals surface area (Å²) < 4.78 is 0. The maximum atomic E-state index is 6.56. The van der Waals surface area contributed by atoms with E-state index < -0.39 is 0 Å². The molecule has 0 bridgehead atoms. The third-order valence-electron chi connectivity index (χ3n) is 5.23. The maximum absolute atomic E-state index is 6.56. The van der Waals surface area contributed by atoms with Crippen LogP contribution in [-0.2, 0) is 0 Å². The van der Waals surface area contributed by atoms with Gasteiger partial charge in [0.25, 0.3) is 0 Å². The lowest BCUT2D eigenvalue weighted by Crippen LogP contribution is -2.35. The monoisotopic (exact) mass is 249 g/mol. The van der Waals surface area contributed by atoms with Gasteiger partial charge in [-0.3, -0.25) is 0 Å². The van der Waals surface area contributed by atoms with Gasteiger partial charge in [0.2, 0.25) is 0 Å². The van der Waals surface area contributed by atoms with Crippen molar-refractivity contribution in [1.29, 1.82) is 0 Å². The highest BCUT2D eigenvalue weighted by atomic mass is 14.7. The lowest BCUT2D eigenvalue weighted by molar-refractivity contribution is 0.248. The van der Waals surface area contributed by atoms with E-state index in [-0.39, 0.29) is 0 Å². The lowest BCUT2D eigenvalue weighted by atomic mass is 9.75. The van der Waals surface area contributed by atoms with Gasteiger partial charge in [0.1, 0.15) is 0 Å². The summed E-state index contributed by atoms with van der Waals surface area (Å²) in [5, 5.41) is 0. The lowest BCUT2D eigenvalue weighted by Gasteiger charge is -2.33. The molecule has 0 radical (unpaired) electrons. The number of rotatable bonds is 3. The average Bonchev–Trinajstić information content (AvgIpc) is 2.38.